The molecule has 5 heteroatoms. The monoisotopic (exact) mass is 297 g/mol. The van der Waals surface area contributed by atoms with Crippen molar-refractivity contribution in [1.82, 2.24) is 5.32 Å². The fourth-order valence-electron chi connectivity index (χ4n) is 3.07. The quantitative estimate of drug-likeness (QED) is 0.869. The fourth-order valence-corrected chi connectivity index (χ4v) is 4.67. The molecule has 1 aliphatic heterocycles. The molecule has 1 aromatic carbocycles. The molecular formula is C15H20FNO2S. The first-order valence-corrected chi connectivity index (χ1v) is 8.97. The zero-order valence-electron chi connectivity index (χ0n) is 11.4. The highest BCUT2D eigenvalue weighted by molar-refractivity contribution is 7.91. The second-order valence-electron chi connectivity index (χ2n) is 5.88. The smallest absolute Gasteiger partial charge is 0.178 e. The summed E-state index contributed by atoms with van der Waals surface area (Å²) >= 11 is 0. The molecule has 1 atom stereocenters. The zero-order valence-corrected chi connectivity index (χ0v) is 12.3. The van der Waals surface area contributed by atoms with Crippen molar-refractivity contribution >= 4 is 9.84 Å². The highest BCUT2D eigenvalue weighted by Crippen LogP contribution is 2.33. The standard InChI is InChI=1S/C15H20FNO2S/c16-12-4-5-15-13(10-12)14(7-9-20(15,18)19)17-8-6-11-2-1-3-11/h4-5,10-11,14,17H,1-3,6-9H2. The molecule has 1 unspecified atom stereocenters. The predicted molar refractivity (Wildman–Crippen MR) is 75.8 cm³/mol. The van der Waals surface area contributed by atoms with Crippen LogP contribution < -0.4 is 5.32 Å². The van der Waals surface area contributed by atoms with E-state index in [0.717, 1.165) is 18.9 Å². The normalized spacial score (nSPS) is 24.9. The summed E-state index contributed by atoms with van der Waals surface area (Å²) in [5.41, 5.74) is 0.602. The van der Waals surface area contributed by atoms with E-state index in [9.17, 15) is 12.8 Å². The maximum Gasteiger partial charge on any atom is 0.178 e. The van der Waals surface area contributed by atoms with Crippen LogP contribution in [0.4, 0.5) is 4.39 Å². The Bertz CT molecular complexity index is 596. The second kappa shape index (κ2) is 5.45. The lowest BCUT2D eigenvalue weighted by Gasteiger charge is -2.29. The van der Waals surface area contributed by atoms with Crippen LogP contribution in [0.1, 0.15) is 43.7 Å². The summed E-state index contributed by atoms with van der Waals surface area (Å²) < 4.78 is 37.4. The van der Waals surface area contributed by atoms with Gasteiger partial charge in [0.05, 0.1) is 10.6 Å². The van der Waals surface area contributed by atoms with Crippen LogP contribution in [-0.4, -0.2) is 20.7 Å². The van der Waals surface area contributed by atoms with Gasteiger partial charge in [0.2, 0.25) is 0 Å². The van der Waals surface area contributed by atoms with Crippen molar-refractivity contribution in [3.63, 3.8) is 0 Å². The molecule has 0 bridgehead atoms. The molecule has 0 spiro atoms. The van der Waals surface area contributed by atoms with Gasteiger partial charge in [-0.3, -0.25) is 0 Å². The molecule has 1 fully saturated rings. The van der Waals surface area contributed by atoms with E-state index in [1.807, 2.05) is 0 Å². The summed E-state index contributed by atoms with van der Waals surface area (Å²) in [5, 5.41) is 3.41. The van der Waals surface area contributed by atoms with Crippen LogP contribution in [-0.2, 0) is 9.84 Å². The molecule has 0 aromatic heterocycles. The summed E-state index contributed by atoms with van der Waals surface area (Å²) in [6.45, 7) is 0.880. The van der Waals surface area contributed by atoms with Crippen molar-refractivity contribution in [3.05, 3.63) is 29.6 Å². The molecule has 1 aliphatic carbocycles. The second-order valence-corrected chi connectivity index (χ2v) is 7.96. The van der Waals surface area contributed by atoms with Gasteiger partial charge in [-0.05, 0) is 49.1 Å². The first-order chi connectivity index (χ1) is 9.56. The van der Waals surface area contributed by atoms with Crippen molar-refractivity contribution in [2.75, 3.05) is 12.3 Å². The number of halogens is 1. The van der Waals surface area contributed by atoms with E-state index in [1.165, 1.54) is 37.5 Å². The Kier molecular flexibility index (Phi) is 3.82. The Morgan fingerprint density at radius 3 is 2.75 bits per heavy atom. The predicted octanol–water partition coefficient (Wildman–Crippen LogP) is 2.82. The molecule has 3 nitrogen and oxygen atoms in total. The first-order valence-electron chi connectivity index (χ1n) is 7.32. The molecular weight excluding hydrogens is 277 g/mol. The highest BCUT2D eigenvalue weighted by atomic mass is 32.2. The first kappa shape index (κ1) is 14.0. The van der Waals surface area contributed by atoms with E-state index in [1.54, 1.807) is 0 Å². The molecule has 1 saturated carbocycles. The van der Waals surface area contributed by atoms with Crippen molar-refractivity contribution in [3.8, 4) is 0 Å². The van der Waals surface area contributed by atoms with Gasteiger partial charge in [0.25, 0.3) is 0 Å². The Balaban J connectivity index is 1.74. The topological polar surface area (TPSA) is 46.2 Å². The molecule has 110 valence electrons. The summed E-state index contributed by atoms with van der Waals surface area (Å²) in [6.07, 6.45) is 5.62. The van der Waals surface area contributed by atoms with Crippen LogP contribution in [0.2, 0.25) is 0 Å². The van der Waals surface area contributed by atoms with Crippen molar-refractivity contribution < 1.29 is 12.8 Å². The SMILES string of the molecule is O=S1(=O)CCC(NCCC2CCC2)c2cc(F)ccc21. The third-order valence-electron chi connectivity index (χ3n) is 4.53. The van der Waals surface area contributed by atoms with Gasteiger partial charge < -0.3 is 5.32 Å². The molecule has 3 rings (SSSR count). The third-order valence-corrected chi connectivity index (χ3v) is 6.34. The average molecular weight is 297 g/mol. The van der Waals surface area contributed by atoms with E-state index in [-0.39, 0.29) is 17.6 Å². The molecule has 1 heterocycles. The Morgan fingerprint density at radius 2 is 2.05 bits per heavy atom. The van der Waals surface area contributed by atoms with Crippen LogP contribution in [0.5, 0.6) is 0 Å². The van der Waals surface area contributed by atoms with Crippen molar-refractivity contribution in [1.29, 1.82) is 0 Å². The van der Waals surface area contributed by atoms with Gasteiger partial charge in [0.15, 0.2) is 9.84 Å². The average Bonchev–Trinajstić information content (AvgIpc) is 2.34. The number of nitrogens with one attached hydrogen (secondary N) is 1. The number of sulfone groups is 1. The maximum absolute atomic E-state index is 13.4. The van der Waals surface area contributed by atoms with Crippen LogP contribution in [0, 0.1) is 11.7 Å². The maximum atomic E-state index is 13.4. The van der Waals surface area contributed by atoms with Gasteiger partial charge in [-0.2, -0.15) is 0 Å². The Labute approximate surface area is 119 Å². The minimum Gasteiger partial charge on any atom is -0.310 e. The number of benzene rings is 1. The van der Waals surface area contributed by atoms with E-state index in [0.29, 0.717) is 16.9 Å². The summed E-state index contributed by atoms with van der Waals surface area (Å²) in [4.78, 5) is 0.297. The van der Waals surface area contributed by atoms with E-state index in [4.69, 9.17) is 0 Å². The van der Waals surface area contributed by atoms with Gasteiger partial charge in [-0.15, -0.1) is 0 Å². The van der Waals surface area contributed by atoms with Gasteiger partial charge in [0, 0.05) is 6.04 Å². The molecule has 0 saturated heterocycles. The Morgan fingerprint density at radius 1 is 1.25 bits per heavy atom. The van der Waals surface area contributed by atoms with Gasteiger partial charge in [-0.1, -0.05) is 19.3 Å². The van der Waals surface area contributed by atoms with E-state index in [2.05, 4.69) is 5.32 Å². The highest BCUT2D eigenvalue weighted by Gasteiger charge is 2.30. The lowest BCUT2D eigenvalue weighted by Crippen LogP contribution is -2.31. The fraction of sp³-hybridized carbons (Fsp3) is 0.600. The van der Waals surface area contributed by atoms with Crippen LogP contribution >= 0.6 is 0 Å². The minimum atomic E-state index is -3.23. The van der Waals surface area contributed by atoms with Gasteiger partial charge in [-0.25, -0.2) is 12.8 Å². The zero-order chi connectivity index (χ0) is 14.2. The van der Waals surface area contributed by atoms with E-state index < -0.39 is 9.84 Å². The molecule has 0 amide bonds. The van der Waals surface area contributed by atoms with Gasteiger partial charge in [0.1, 0.15) is 5.82 Å². The van der Waals surface area contributed by atoms with Crippen LogP contribution in [0.3, 0.4) is 0 Å². The molecule has 0 radical (unpaired) electrons. The van der Waals surface area contributed by atoms with Crippen molar-refractivity contribution in [2.45, 2.75) is 43.0 Å². The third kappa shape index (κ3) is 2.74. The van der Waals surface area contributed by atoms with Gasteiger partial charge >= 0.3 is 0 Å². The summed E-state index contributed by atoms with van der Waals surface area (Å²) in [5.74, 6) is 0.598. The number of rotatable bonds is 4. The van der Waals surface area contributed by atoms with Crippen LogP contribution in [0.25, 0.3) is 0 Å². The number of hydrogen-bond donors (Lipinski definition) is 1. The summed E-state index contributed by atoms with van der Waals surface area (Å²) in [6, 6.07) is 3.96. The minimum absolute atomic E-state index is 0.0377. The van der Waals surface area contributed by atoms with E-state index >= 15 is 0 Å². The molecule has 2 aliphatic rings. The molecule has 1 N–H and O–H groups in total. The molecule has 1 aromatic rings. The lowest BCUT2D eigenvalue weighted by molar-refractivity contribution is 0.286. The largest absolute Gasteiger partial charge is 0.310 e. The van der Waals surface area contributed by atoms with Crippen LogP contribution in [0.15, 0.2) is 23.1 Å². The van der Waals surface area contributed by atoms with Crippen molar-refractivity contribution in [2.24, 2.45) is 5.92 Å². The summed E-state index contributed by atoms with van der Waals surface area (Å²) in [7, 11) is -3.23. The lowest BCUT2D eigenvalue weighted by atomic mass is 9.83. The number of hydrogen-bond acceptors (Lipinski definition) is 3. The Hall–Kier alpha value is -0.940. The molecule has 20 heavy (non-hydrogen) atoms. The number of fused-ring (bicyclic) bond motifs is 1.